The molecule has 1 heterocycles. The van der Waals surface area contributed by atoms with E-state index in [0.717, 1.165) is 12.2 Å². The molecule has 1 aromatic rings. The standard InChI is InChI=1S/C6H10N4/c1-2-6(3-4-6)5-7-9-10-8-5/h2-4H2,1H3,(H,7,8,9,10). The van der Waals surface area contributed by atoms with Gasteiger partial charge in [0.05, 0.1) is 0 Å². The molecule has 0 saturated heterocycles. The van der Waals surface area contributed by atoms with Crippen LogP contribution in [0.3, 0.4) is 0 Å². The van der Waals surface area contributed by atoms with Gasteiger partial charge in [-0.05, 0) is 19.3 Å². The van der Waals surface area contributed by atoms with Crippen LogP contribution in [0, 0.1) is 0 Å². The summed E-state index contributed by atoms with van der Waals surface area (Å²) < 4.78 is 0. The lowest BCUT2D eigenvalue weighted by Crippen LogP contribution is -2.06. The zero-order valence-corrected chi connectivity index (χ0v) is 5.96. The van der Waals surface area contributed by atoms with Crippen LogP contribution in [0.1, 0.15) is 32.0 Å². The minimum Gasteiger partial charge on any atom is -0.177 e. The minimum absolute atomic E-state index is 0.299. The summed E-state index contributed by atoms with van der Waals surface area (Å²) in [4.78, 5) is 0. The van der Waals surface area contributed by atoms with Crippen LogP contribution in [0.15, 0.2) is 0 Å². The Morgan fingerprint density at radius 3 is 2.80 bits per heavy atom. The van der Waals surface area contributed by atoms with Crippen molar-refractivity contribution in [1.82, 2.24) is 20.6 Å². The van der Waals surface area contributed by atoms with Crippen molar-refractivity contribution in [1.29, 1.82) is 0 Å². The van der Waals surface area contributed by atoms with Crippen LogP contribution in [-0.2, 0) is 5.41 Å². The van der Waals surface area contributed by atoms with E-state index in [1.807, 2.05) is 0 Å². The van der Waals surface area contributed by atoms with Crippen molar-refractivity contribution >= 4 is 0 Å². The molecule has 1 aliphatic carbocycles. The summed E-state index contributed by atoms with van der Waals surface area (Å²) in [5.74, 6) is 0.898. The van der Waals surface area contributed by atoms with E-state index in [1.54, 1.807) is 0 Å². The number of aromatic nitrogens is 4. The van der Waals surface area contributed by atoms with Gasteiger partial charge in [-0.3, -0.25) is 0 Å². The Balaban J connectivity index is 2.27. The van der Waals surface area contributed by atoms with Gasteiger partial charge in [0.25, 0.3) is 0 Å². The average Bonchev–Trinajstić information content (AvgIpc) is 2.58. The molecule has 10 heavy (non-hydrogen) atoms. The summed E-state index contributed by atoms with van der Waals surface area (Å²) in [5, 5.41) is 14.0. The van der Waals surface area contributed by atoms with Crippen molar-refractivity contribution in [3.05, 3.63) is 5.82 Å². The van der Waals surface area contributed by atoms with Gasteiger partial charge in [0.2, 0.25) is 0 Å². The van der Waals surface area contributed by atoms with Crippen LogP contribution < -0.4 is 0 Å². The Morgan fingerprint density at radius 2 is 2.40 bits per heavy atom. The van der Waals surface area contributed by atoms with Crippen LogP contribution >= 0.6 is 0 Å². The van der Waals surface area contributed by atoms with Gasteiger partial charge >= 0.3 is 0 Å². The summed E-state index contributed by atoms with van der Waals surface area (Å²) in [6.07, 6.45) is 3.58. The highest BCUT2D eigenvalue weighted by Gasteiger charge is 2.46. The molecule has 54 valence electrons. The lowest BCUT2D eigenvalue weighted by molar-refractivity contribution is 0.616. The van der Waals surface area contributed by atoms with Gasteiger partial charge in [0, 0.05) is 5.41 Å². The molecule has 1 aromatic heterocycles. The van der Waals surface area contributed by atoms with Gasteiger partial charge in [-0.2, -0.15) is 5.21 Å². The van der Waals surface area contributed by atoms with Gasteiger partial charge in [-0.1, -0.05) is 12.1 Å². The van der Waals surface area contributed by atoms with E-state index in [1.165, 1.54) is 12.8 Å². The molecule has 4 heteroatoms. The van der Waals surface area contributed by atoms with Crippen LogP contribution in [0.4, 0.5) is 0 Å². The number of hydrogen-bond donors (Lipinski definition) is 1. The van der Waals surface area contributed by atoms with Crippen LogP contribution in [0.5, 0.6) is 0 Å². The molecule has 0 unspecified atom stereocenters. The van der Waals surface area contributed by atoms with E-state index in [-0.39, 0.29) is 0 Å². The van der Waals surface area contributed by atoms with Gasteiger partial charge in [-0.15, -0.1) is 10.2 Å². The van der Waals surface area contributed by atoms with Crippen molar-refractivity contribution in [3.63, 3.8) is 0 Å². The van der Waals surface area contributed by atoms with Crippen LogP contribution in [0.2, 0.25) is 0 Å². The van der Waals surface area contributed by atoms with E-state index in [0.29, 0.717) is 5.41 Å². The van der Waals surface area contributed by atoms with E-state index in [4.69, 9.17) is 0 Å². The third kappa shape index (κ3) is 0.647. The number of aromatic amines is 1. The summed E-state index contributed by atoms with van der Waals surface area (Å²) in [5.41, 5.74) is 0.299. The molecule has 0 atom stereocenters. The van der Waals surface area contributed by atoms with E-state index in [2.05, 4.69) is 27.5 Å². The zero-order chi connectivity index (χ0) is 7.03. The first kappa shape index (κ1) is 5.82. The van der Waals surface area contributed by atoms with E-state index < -0.39 is 0 Å². The van der Waals surface area contributed by atoms with Crippen molar-refractivity contribution in [2.45, 2.75) is 31.6 Å². The molecule has 0 radical (unpaired) electrons. The highest BCUT2D eigenvalue weighted by Crippen LogP contribution is 2.48. The predicted molar refractivity (Wildman–Crippen MR) is 35.4 cm³/mol. The molecular weight excluding hydrogens is 128 g/mol. The maximum absolute atomic E-state index is 3.97. The Hall–Kier alpha value is -0.930. The first-order chi connectivity index (χ1) is 4.87. The number of nitrogens with one attached hydrogen (secondary N) is 1. The molecule has 2 rings (SSSR count). The fourth-order valence-electron chi connectivity index (χ4n) is 1.27. The summed E-state index contributed by atoms with van der Waals surface area (Å²) in [6.45, 7) is 2.17. The van der Waals surface area contributed by atoms with Crippen molar-refractivity contribution in [2.75, 3.05) is 0 Å². The number of hydrogen-bond acceptors (Lipinski definition) is 3. The first-order valence-electron chi connectivity index (χ1n) is 3.61. The van der Waals surface area contributed by atoms with Crippen molar-refractivity contribution in [2.24, 2.45) is 0 Å². The monoisotopic (exact) mass is 138 g/mol. The summed E-state index contributed by atoms with van der Waals surface area (Å²) >= 11 is 0. The van der Waals surface area contributed by atoms with Gasteiger partial charge < -0.3 is 0 Å². The highest BCUT2D eigenvalue weighted by atomic mass is 15.5. The maximum Gasteiger partial charge on any atom is 0.180 e. The van der Waals surface area contributed by atoms with Crippen molar-refractivity contribution < 1.29 is 0 Å². The van der Waals surface area contributed by atoms with Gasteiger partial charge in [0.1, 0.15) is 0 Å². The lowest BCUT2D eigenvalue weighted by atomic mass is 10.0. The highest BCUT2D eigenvalue weighted by molar-refractivity contribution is 5.14. The molecule has 0 spiro atoms. The fraction of sp³-hybridized carbons (Fsp3) is 0.833. The summed E-state index contributed by atoms with van der Waals surface area (Å²) in [6, 6.07) is 0. The summed E-state index contributed by atoms with van der Waals surface area (Å²) in [7, 11) is 0. The van der Waals surface area contributed by atoms with E-state index >= 15 is 0 Å². The van der Waals surface area contributed by atoms with Crippen LogP contribution in [-0.4, -0.2) is 20.6 Å². The normalized spacial score (nSPS) is 20.9. The van der Waals surface area contributed by atoms with Crippen molar-refractivity contribution in [3.8, 4) is 0 Å². The van der Waals surface area contributed by atoms with Crippen LogP contribution in [0.25, 0.3) is 0 Å². The quantitative estimate of drug-likeness (QED) is 0.652. The third-order valence-corrected chi connectivity index (χ3v) is 2.35. The fourth-order valence-corrected chi connectivity index (χ4v) is 1.27. The Kier molecular flexibility index (Phi) is 1.03. The SMILES string of the molecule is CCC1(c2nn[nH]n2)CC1. The Bertz CT molecular complexity index is 212. The second-order valence-corrected chi connectivity index (χ2v) is 2.87. The van der Waals surface area contributed by atoms with Gasteiger partial charge in [0.15, 0.2) is 5.82 Å². The largest absolute Gasteiger partial charge is 0.180 e. The number of rotatable bonds is 2. The molecule has 0 bridgehead atoms. The molecule has 4 nitrogen and oxygen atoms in total. The third-order valence-electron chi connectivity index (χ3n) is 2.35. The predicted octanol–water partition coefficient (Wildman–Crippen LogP) is 0.641. The molecule has 1 fully saturated rings. The molecule has 0 amide bonds. The van der Waals surface area contributed by atoms with E-state index in [9.17, 15) is 0 Å². The van der Waals surface area contributed by atoms with Gasteiger partial charge in [-0.25, -0.2) is 0 Å². The molecular formula is C6H10N4. The molecule has 1 aliphatic rings. The Morgan fingerprint density at radius 1 is 1.60 bits per heavy atom. The topological polar surface area (TPSA) is 54.5 Å². The number of nitrogens with zero attached hydrogens (tertiary/aromatic N) is 3. The smallest absolute Gasteiger partial charge is 0.177 e. The zero-order valence-electron chi connectivity index (χ0n) is 5.96. The molecule has 1 saturated carbocycles. The first-order valence-corrected chi connectivity index (χ1v) is 3.61. The maximum atomic E-state index is 3.97. The minimum atomic E-state index is 0.299. The molecule has 0 aliphatic heterocycles. The second kappa shape index (κ2) is 1.78. The Labute approximate surface area is 59.0 Å². The lowest BCUT2D eigenvalue weighted by Gasteiger charge is -2.03. The second-order valence-electron chi connectivity index (χ2n) is 2.87. The molecule has 0 aromatic carbocycles. The molecule has 1 N–H and O–H groups in total. The number of H-pyrrole nitrogens is 1. The average molecular weight is 138 g/mol. The number of tetrazole rings is 1.